The van der Waals surface area contributed by atoms with E-state index in [-0.39, 0.29) is 11.4 Å². The predicted molar refractivity (Wildman–Crippen MR) is 58.6 cm³/mol. The normalized spacial score (nSPS) is 33.8. The summed E-state index contributed by atoms with van der Waals surface area (Å²) in [7, 11) is 0. The van der Waals surface area contributed by atoms with Gasteiger partial charge in [-0.3, -0.25) is 4.79 Å². The second kappa shape index (κ2) is 3.17. The molecule has 0 spiro atoms. The van der Waals surface area contributed by atoms with Crippen molar-refractivity contribution in [2.75, 3.05) is 0 Å². The average Bonchev–Trinajstić information content (AvgIpc) is 2.89. The van der Waals surface area contributed by atoms with Crippen molar-refractivity contribution in [3.63, 3.8) is 0 Å². The van der Waals surface area contributed by atoms with Crippen molar-refractivity contribution in [3.05, 3.63) is 35.9 Å². The Bertz CT molecular complexity index is 385. The highest BCUT2D eigenvalue weighted by Crippen LogP contribution is 2.57. The van der Waals surface area contributed by atoms with Gasteiger partial charge in [0.05, 0.1) is 0 Å². The number of carbonyl (C=O) groups is 1. The molecule has 1 fully saturated rings. The maximum absolute atomic E-state index is 11.8. The number of rotatable bonds is 3. The molecule has 2 rings (SSSR count). The minimum atomic E-state index is -0.691. The fourth-order valence-corrected chi connectivity index (χ4v) is 2.32. The Morgan fingerprint density at radius 3 is 2.33 bits per heavy atom. The van der Waals surface area contributed by atoms with E-state index < -0.39 is 5.60 Å². The second-order valence-corrected chi connectivity index (χ2v) is 4.29. The van der Waals surface area contributed by atoms with Gasteiger partial charge in [-0.2, -0.15) is 0 Å². The van der Waals surface area contributed by atoms with E-state index in [2.05, 4.69) is 0 Å². The number of benzene rings is 1. The Kier molecular flexibility index (Phi) is 2.19. The number of ketones is 1. The van der Waals surface area contributed by atoms with E-state index in [0.29, 0.717) is 0 Å². The molecule has 1 aliphatic rings. The van der Waals surface area contributed by atoms with Crippen molar-refractivity contribution < 1.29 is 9.53 Å². The van der Waals surface area contributed by atoms with Gasteiger partial charge in [-0.05, 0) is 25.8 Å². The molecule has 1 aromatic carbocycles. The van der Waals surface area contributed by atoms with E-state index in [1.54, 1.807) is 6.92 Å². The number of epoxide rings is 1. The molecular weight excluding hydrogens is 188 g/mol. The lowest BCUT2D eigenvalue weighted by Crippen LogP contribution is -2.28. The molecule has 1 aromatic rings. The highest BCUT2D eigenvalue weighted by atomic mass is 16.6. The first kappa shape index (κ1) is 10.4. The molecule has 15 heavy (non-hydrogen) atoms. The van der Waals surface area contributed by atoms with Gasteiger partial charge in [-0.15, -0.1) is 0 Å². The minimum absolute atomic E-state index is 0.0954. The molecule has 0 saturated carbocycles. The third-order valence-electron chi connectivity index (χ3n) is 3.43. The average molecular weight is 204 g/mol. The molecule has 1 heterocycles. The van der Waals surface area contributed by atoms with Crippen LogP contribution in [0.5, 0.6) is 0 Å². The molecule has 2 atom stereocenters. The second-order valence-electron chi connectivity index (χ2n) is 4.29. The standard InChI is InChI=1S/C13H16O2/c1-4-12(3)13(15-12,10(2)14)11-8-6-5-7-9-11/h5-9H,4H2,1-3H3/t12-,13+/m0/s1. The van der Waals surface area contributed by atoms with E-state index in [0.717, 1.165) is 12.0 Å². The molecule has 0 bridgehead atoms. The maximum atomic E-state index is 11.8. The van der Waals surface area contributed by atoms with Gasteiger partial charge in [0.2, 0.25) is 0 Å². The molecule has 1 aliphatic heterocycles. The zero-order valence-corrected chi connectivity index (χ0v) is 9.41. The van der Waals surface area contributed by atoms with Gasteiger partial charge >= 0.3 is 0 Å². The number of Topliss-reactive ketones (excluding diaryl/α,β-unsaturated/α-hetero) is 1. The van der Waals surface area contributed by atoms with E-state index in [1.807, 2.05) is 44.2 Å². The highest BCUT2D eigenvalue weighted by molar-refractivity contribution is 5.91. The van der Waals surface area contributed by atoms with Crippen LogP contribution in [0.3, 0.4) is 0 Å². The van der Waals surface area contributed by atoms with Crippen LogP contribution in [-0.4, -0.2) is 11.4 Å². The van der Waals surface area contributed by atoms with Gasteiger partial charge in [-0.25, -0.2) is 0 Å². The van der Waals surface area contributed by atoms with Gasteiger partial charge in [0.25, 0.3) is 0 Å². The summed E-state index contributed by atoms with van der Waals surface area (Å²) in [5.41, 5.74) is -0.0368. The summed E-state index contributed by atoms with van der Waals surface area (Å²) >= 11 is 0. The quantitative estimate of drug-likeness (QED) is 0.708. The number of hydrogen-bond donors (Lipinski definition) is 0. The number of hydrogen-bond acceptors (Lipinski definition) is 2. The lowest BCUT2D eigenvalue weighted by atomic mass is 9.83. The number of carbonyl (C=O) groups excluding carboxylic acids is 1. The molecule has 1 saturated heterocycles. The molecule has 0 aromatic heterocycles. The number of ether oxygens (including phenoxy) is 1. The summed E-state index contributed by atoms with van der Waals surface area (Å²) < 4.78 is 5.74. The Hall–Kier alpha value is -1.15. The molecule has 0 radical (unpaired) electrons. The van der Waals surface area contributed by atoms with Gasteiger partial charge in [0.15, 0.2) is 11.4 Å². The zero-order chi connectivity index (χ0) is 11.1. The van der Waals surface area contributed by atoms with Crippen molar-refractivity contribution in [1.82, 2.24) is 0 Å². The monoisotopic (exact) mass is 204 g/mol. The van der Waals surface area contributed by atoms with Crippen LogP contribution in [0.4, 0.5) is 0 Å². The summed E-state index contributed by atoms with van der Waals surface area (Å²) in [5, 5.41) is 0. The lowest BCUT2D eigenvalue weighted by Gasteiger charge is -2.13. The predicted octanol–water partition coefficient (Wildman–Crippen LogP) is 2.67. The summed E-state index contributed by atoms with van der Waals surface area (Å²) in [6.07, 6.45) is 0.849. The first-order valence-corrected chi connectivity index (χ1v) is 5.33. The molecule has 2 nitrogen and oxygen atoms in total. The largest absolute Gasteiger partial charge is 0.349 e. The van der Waals surface area contributed by atoms with Crippen molar-refractivity contribution in [2.45, 2.75) is 38.4 Å². The molecule has 0 amide bonds. The van der Waals surface area contributed by atoms with E-state index in [4.69, 9.17) is 4.74 Å². The Morgan fingerprint density at radius 1 is 1.33 bits per heavy atom. The zero-order valence-electron chi connectivity index (χ0n) is 9.41. The molecule has 2 heteroatoms. The maximum Gasteiger partial charge on any atom is 0.180 e. The van der Waals surface area contributed by atoms with Crippen LogP contribution in [0.15, 0.2) is 30.3 Å². The van der Waals surface area contributed by atoms with Crippen LogP contribution in [-0.2, 0) is 15.1 Å². The molecule has 80 valence electrons. The van der Waals surface area contributed by atoms with Crippen molar-refractivity contribution >= 4 is 5.78 Å². The summed E-state index contributed by atoms with van der Waals surface area (Å²) in [6.45, 7) is 5.66. The Balaban J connectivity index is 2.45. The van der Waals surface area contributed by atoms with E-state index in [1.165, 1.54) is 0 Å². The minimum Gasteiger partial charge on any atom is -0.349 e. The first-order chi connectivity index (χ1) is 7.07. The highest BCUT2D eigenvalue weighted by Gasteiger charge is 2.69. The van der Waals surface area contributed by atoms with Crippen LogP contribution in [0.1, 0.15) is 32.8 Å². The third kappa shape index (κ3) is 1.25. The van der Waals surface area contributed by atoms with Crippen molar-refractivity contribution in [3.8, 4) is 0 Å². The van der Waals surface area contributed by atoms with Crippen molar-refractivity contribution in [2.24, 2.45) is 0 Å². The van der Waals surface area contributed by atoms with Crippen LogP contribution >= 0.6 is 0 Å². The van der Waals surface area contributed by atoms with Crippen LogP contribution in [0, 0.1) is 0 Å². The Labute approximate surface area is 90.3 Å². The lowest BCUT2D eigenvalue weighted by molar-refractivity contribution is -0.122. The fraction of sp³-hybridized carbons (Fsp3) is 0.462. The fourth-order valence-electron chi connectivity index (χ4n) is 2.32. The first-order valence-electron chi connectivity index (χ1n) is 5.33. The SMILES string of the molecule is CC[C@]1(C)O[C@]1(C(C)=O)c1ccccc1. The molecule has 0 unspecified atom stereocenters. The molecule has 0 aliphatic carbocycles. The van der Waals surface area contributed by atoms with Crippen molar-refractivity contribution in [1.29, 1.82) is 0 Å². The van der Waals surface area contributed by atoms with Crippen LogP contribution in [0.25, 0.3) is 0 Å². The van der Waals surface area contributed by atoms with Gasteiger partial charge in [-0.1, -0.05) is 37.3 Å². The van der Waals surface area contributed by atoms with Crippen LogP contribution in [0.2, 0.25) is 0 Å². The molecular formula is C13H16O2. The topological polar surface area (TPSA) is 29.6 Å². The van der Waals surface area contributed by atoms with E-state index in [9.17, 15) is 4.79 Å². The smallest absolute Gasteiger partial charge is 0.180 e. The van der Waals surface area contributed by atoms with Crippen LogP contribution < -0.4 is 0 Å². The Morgan fingerprint density at radius 2 is 1.93 bits per heavy atom. The summed E-state index contributed by atoms with van der Waals surface area (Å²) in [4.78, 5) is 11.8. The summed E-state index contributed by atoms with van der Waals surface area (Å²) in [6, 6.07) is 9.75. The van der Waals surface area contributed by atoms with Gasteiger partial charge < -0.3 is 4.74 Å². The summed E-state index contributed by atoms with van der Waals surface area (Å²) in [5.74, 6) is 0.0954. The third-order valence-corrected chi connectivity index (χ3v) is 3.43. The molecule has 0 N–H and O–H groups in total. The van der Waals surface area contributed by atoms with Gasteiger partial charge in [0.1, 0.15) is 5.60 Å². The van der Waals surface area contributed by atoms with Gasteiger partial charge in [0, 0.05) is 0 Å². The van der Waals surface area contributed by atoms with E-state index >= 15 is 0 Å².